The molecule has 0 fully saturated rings. The van der Waals surface area contributed by atoms with Crippen LogP contribution in [-0.4, -0.2) is 21.6 Å². The molecule has 1 nitrogen and oxygen atoms in total. The number of rotatable bonds is 6. The van der Waals surface area contributed by atoms with Gasteiger partial charge in [0.2, 0.25) is 0 Å². The summed E-state index contributed by atoms with van der Waals surface area (Å²) in [5.74, 6) is 0.885. The number of ether oxygens (including phenoxy) is 1. The van der Waals surface area contributed by atoms with Gasteiger partial charge in [0.25, 0.3) is 0 Å². The molecule has 0 saturated heterocycles. The molecule has 1 heterocycles. The van der Waals surface area contributed by atoms with Gasteiger partial charge in [0.15, 0.2) is 0 Å². The van der Waals surface area contributed by atoms with Gasteiger partial charge in [0, 0.05) is 0 Å². The Morgan fingerprint density at radius 1 is 0.562 bits per heavy atom. The second-order valence-electron chi connectivity index (χ2n) is 7.74. The predicted molar refractivity (Wildman–Crippen MR) is 135 cm³/mol. The standard InChI is InChI=1S/C30H24OSe/c1-31-26-19-17-23(18-20-26)28-27(21-22-11-5-2-6-12-22)29(24-13-7-3-8-14-24)32-30(28)25-15-9-4-10-16-25/h2-20H,21H2,1H3. The van der Waals surface area contributed by atoms with Crippen molar-refractivity contribution >= 4 is 14.5 Å². The molecule has 0 aliphatic carbocycles. The maximum atomic E-state index is 5.43. The van der Waals surface area contributed by atoms with E-state index in [0.717, 1.165) is 12.2 Å². The predicted octanol–water partition coefficient (Wildman–Crippen LogP) is 7.34. The van der Waals surface area contributed by atoms with Crippen molar-refractivity contribution < 1.29 is 4.74 Å². The van der Waals surface area contributed by atoms with Gasteiger partial charge in [0.1, 0.15) is 0 Å². The molecule has 5 aromatic rings. The van der Waals surface area contributed by atoms with Crippen molar-refractivity contribution in [3.05, 3.63) is 126 Å². The molecule has 32 heavy (non-hydrogen) atoms. The molecular weight excluding hydrogens is 455 g/mol. The third kappa shape index (κ3) is 4.21. The van der Waals surface area contributed by atoms with E-state index >= 15 is 0 Å². The molecule has 0 atom stereocenters. The summed E-state index contributed by atoms with van der Waals surface area (Å²) in [6, 6.07) is 41.1. The first kappa shape index (κ1) is 20.6. The molecule has 0 amide bonds. The fourth-order valence-electron chi connectivity index (χ4n) is 4.11. The van der Waals surface area contributed by atoms with Crippen LogP contribution in [0.3, 0.4) is 0 Å². The summed E-state index contributed by atoms with van der Waals surface area (Å²) in [7, 11) is 1.72. The van der Waals surface area contributed by atoms with Crippen LogP contribution in [0.5, 0.6) is 5.75 Å². The number of hydrogen-bond donors (Lipinski definition) is 0. The normalized spacial score (nSPS) is 10.8. The van der Waals surface area contributed by atoms with Crippen LogP contribution in [0.2, 0.25) is 0 Å². The number of methoxy groups -OCH3 is 1. The zero-order valence-corrected chi connectivity index (χ0v) is 19.7. The summed E-state index contributed by atoms with van der Waals surface area (Å²) in [5, 5.41) is 0. The van der Waals surface area contributed by atoms with Crippen LogP contribution in [0, 0.1) is 0 Å². The summed E-state index contributed by atoms with van der Waals surface area (Å²) < 4.78 is 8.36. The molecule has 5 rings (SSSR count). The Morgan fingerprint density at radius 3 is 1.66 bits per heavy atom. The van der Waals surface area contributed by atoms with Crippen molar-refractivity contribution in [2.45, 2.75) is 6.42 Å². The van der Waals surface area contributed by atoms with E-state index in [2.05, 4.69) is 115 Å². The fourth-order valence-corrected chi connectivity index (χ4v) is 6.95. The molecule has 0 unspecified atom stereocenters. The van der Waals surface area contributed by atoms with Crippen LogP contribution in [0.4, 0.5) is 0 Å². The van der Waals surface area contributed by atoms with Gasteiger partial charge >= 0.3 is 196 Å². The van der Waals surface area contributed by atoms with E-state index < -0.39 is 0 Å². The third-order valence-electron chi connectivity index (χ3n) is 5.68. The van der Waals surface area contributed by atoms with Crippen molar-refractivity contribution in [2.75, 3.05) is 7.11 Å². The first-order valence-corrected chi connectivity index (χ1v) is 12.5. The van der Waals surface area contributed by atoms with Crippen molar-refractivity contribution in [3.63, 3.8) is 0 Å². The van der Waals surface area contributed by atoms with Crippen molar-refractivity contribution in [2.24, 2.45) is 0 Å². The average Bonchev–Trinajstić information content (AvgIpc) is 3.25. The Hall–Kier alpha value is -3.32. The Kier molecular flexibility index (Phi) is 6.07. The molecule has 0 aliphatic rings. The van der Waals surface area contributed by atoms with Crippen LogP contribution in [0.1, 0.15) is 11.1 Å². The van der Waals surface area contributed by atoms with E-state index in [4.69, 9.17) is 4.74 Å². The molecule has 0 radical (unpaired) electrons. The Bertz CT molecular complexity index is 1290. The zero-order valence-electron chi connectivity index (χ0n) is 18.0. The fraction of sp³-hybridized carbons (Fsp3) is 0.0667. The molecule has 0 aliphatic heterocycles. The first-order valence-electron chi connectivity index (χ1n) is 10.8. The average molecular weight is 479 g/mol. The van der Waals surface area contributed by atoms with Gasteiger partial charge in [0.05, 0.1) is 0 Å². The SMILES string of the molecule is COc1ccc(-c2c(-c3ccccc3)[se]c(-c3ccccc3)c2Cc2ccccc2)cc1. The van der Waals surface area contributed by atoms with Gasteiger partial charge in [-0.05, 0) is 0 Å². The quantitative estimate of drug-likeness (QED) is 0.232. The second-order valence-corrected chi connectivity index (χ2v) is 9.88. The minimum absolute atomic E-state index is 0.210. The van der Waals surface area contributed by atoms with E-state index in [1.165, 1.54) is 42.3 Å². The van der Waals surface area contributed by atoms with Gasteiger partial charge in [-0.15, -0.1) is 0 Å². The van der Waals surface area contributed by atoms with Crippen LogP contribution < -0.4 is 4.74 Å². The molecule has 156 valence electrons. The Balaban J connectivity index is 1.78. The molecule has 0 spiro atoms. The molecule has 1 aromatic heterocycles. The van der Waals surface area contributed by atoms with E-state index in [9.17, 15) is 0 Å². The van der Waals surface area contributed by atoms with Gasteiger partial charge in [-0.25, -0.2) is 0 Å². The molecule has 0 N–H and O–H groups in total. The number of benzene rings is 4. The third-order valence-corrected chi connectivity index (χ3v) is 8.47. The zero-order chi connectivity index (χ0) is 21.8. The topological polar surface area (TPSA) is 9.23 Å². The van der Waals surface area contributed by atoms with Crippen LogP contribution in [0.15, 0.2) is 115 Å². The van der Waals surface area contributed by atoms with Gasteiger partial charge < -0.3 is 0 Å². The van der Waals surface area contributed by atoms with Crippen molar-refractivity contribution in [1.82, 2.24) is 0 Å². The molecule has 0 bridgehead atoms. The van der Waals surface area contributed by atoms with E-state index in [1.54, 1.807) is 7.11 Å². The van der Waals surface area contributed by atoms with Crippen molar-refractivity contribution in [1.29, 1.82) is 0 Å². The molecule has 0 saturated carbocycles. The summed E-state index contributed by atoms with van der Waals surface area (Å²) in [5.41, 5.74) is 8.05. The monoisotopic (exact) mass is 480 g/mol. The van der Waals surface area contributed by atoms with E-state index in [-0.39, 0.29) is 14.5 Å². The van der Waals surface area contributed by atoms with Crippen LogP contribution in [0.25, 0.3) is 31.1 Å². The number of hydrogen-bond acceptors (Lipinski definition) is 1. The van der Waals surface area contributed by atoms with Gasteiger partial charge in [-0.1, -0.05) is 0 Å². The molecule has 2 heteroatoms. The minimum atomic E-state index is 0.210. The van der Waals surface area contributed by atoms with Gasteiger partial charge in [-0.2, -0.15) is 0 Å². The van der Waals surface area contributed by atoms with Crippen LogP contribution >= 0.6 is 0 Å². The van der Waals surface area contributed by atoms with Crippen molar-refractivity contribution in [3.8, 4) is 36.9 Å². The Labute approximate surface area is 195 Å². The van der Waals surface area contributed by atoms with Crippen LogP contribution in [-0.2, 0) is 6.42 Å². The van der Waals surface area contributed by atoms with E-state index in [1.807, 2.05) is 0 Å². The Morgan fingerprint density at radius 2 is 1.09 bits per heavy atom. The molecule has 4 aromatic carbocycles. The summed E-state index contributed by atoms with van der Waals surface area (Å²) in [4.78, 5) is 0. The van der Waals surface area contributed by atoms with Gasteiger partial charge in [-0.3, -0.25) is 0 Å². The summed E-state index contributed by atoms with van der Waals surface area (Å²) >= 11 is 0.210. The molecular formula is C30H24OSe. The summed E-state index contributed by atoms with van der Waals surface area (Å²) in [6.45, 7) is 0. The first-order chi connectivity index (χ1) is 15.8. The second kappa shape index (κ2) is 9.44. The summed E-state index contributed by atoms with van der Waals surface area (Å²) in [6.07, 6.45) is 0.921. The maximum absolute atomic E-state index is 5.43. The van der Waals surface area contributed by atoms with E-state index in [0.29, 0.717) is 0 Å².